The minimum atomic E-state index is -0.0461. The lowest BCUT2D eigenvalue weighted by atomic mass is 10.3. The standard InChI is InChI=1S/C14H16BrN3OS2/c15-11-4-3-9(20-11)5-6-17-12-7-10(16)13(21-12)14(19)18-8-1-2-8/h3-4,7-8,17H,1-2,5-6,16H2,(H,18,19). The Kier molecular flexibility index (Phi) is 4.51. The number of hydrogen-bond donors (Lipinski definition) is 3. The zero-order valence-electron chi connectivity index (χ0n) is 11.3. The van der Waals surface area contributed by atoms with Crippen LogP contribution in [0.3, 0.4) is 0 Å². The van der Waals surface area contributed by atoms with Crippen LogP contribution in [0.5, 0.6) is 0 Å². The van der Waals surface area contributed by atoms with Crippen molar-refractivity contribution in [3.8, 4) is 0 Å². The van der Waals surface area contributed by atoms with Crippen LogP contribution < -0.4 is 16.4 Å². The molecule has 2 heterocycles. The summed E-state index contributed by atoms with van der Waals surface area (Å²) in [5.74, 6) is -0.0461. The maximum atomic E-state index is 12.0. The van der Waals surface area contributed by atoms with Crippen molar-refractivity contribution in [3.05, 3.63) is 31.7 Å². The third-order valence-corrected chi connectivity index (χ3v) is 5.97. The number of thiophene rings is 2. The molecule has 1 aliphatic rings. The Morgan fingerprint density at radius 1 is 1.38 bits per heavy atom. The van der Waals surface area contributed by atoms with Gasteiger partial charge in [-0.1, -0.05) is 0 Å². The normalized spacial score (nSPS) is 14.1. The SMILES string of the molecule is Nc1cc(NCCc2ccc(Br)s2)sc1C(=O)NC1CC1. The van der Waals surface area contributed by atoms with Gasteiger partial charge >= 0.3 is 0 Å². The van der Waals surface area contributed by atoms with E-state index in [1.54, 1.807) is 11.3 Å². The average Bonchev–Trinajstić information content (AvgIpc) is 3.03. The molecule has 1 fully saturated rings. The fraction of sp³-hybridized carbons (Fsp3) is 0.357. The number of carbonyl (C=O) groups is 1. The summed E-state index contributed by atoms with van der Waals surface area (Å²) in [6, 6.07) is 6.38. The second kappa shape index (κ2) is 6.37. The number of carbonyl (C=O) groups excluding carboxylic acids is 1. The van der Waals surface area contributed by atoms with Gasteiger partial charge in [0, 0.05) is 17.5 Å². The Labute approximate surface area is 139 Å². The first kappa shape index (κ1) is 14.9. The average molecular weight is 386 g/mol. The summed E-state index contributed by atoms with van der Waals surface area (Å²) >= 11 is 6.63. The van der Waals surface area contributed by atoms with Crippen molar-refractivity contribution in [2.24, 2.45) is 0 Å². The van der Waals surface area contributed by atoms with Gasteiger partial charge in [0.05, 0.1) is 14.5 Å². The molecule has 7 heteroatoms. The van der Waals surface area contributed by atoms with Crippen LogP contribution in [0, 0.1) is 0 Å². The Hall–Kier alpha value is -1.05. The first-order valence-electron chi connectivity index (χ1n) is 6.80. The van der Waals surface area contributed by atoms with Crippen LogP contribution in [0.15, 0.2) is 22.0 Å². The Morgan fingerprint density at radius 3 is 2.86 bits per heavy atom. The summed E-state index contributed by atoms with van der Waals surface area (Å²) in [6.07, 6.45) is 3.12. The Bertz CT molecular complexity index is 648. The lowest BCUT2D eigenvalue weighted by molar-refractivity contribution is 0.0956. The highest BCUT2D eigenvalue weighted by molar-refractivity contribution is 9.11. The van der Waals surface area contributed by atoms with E-state index in [0.29, 0.717) is 16.6 Å². The van der Waals surface area contributed by atoms with E-state index >= 15 is 0 Å². The van der Waals surface area contributed by atoms with Gasteiger partial charge in [0.15, 0.2) is 0 Å². The second-order valence-corrected chi connectivity index (χ2v) is 8.63. The van der Waals surface area contributed by atoms with Gasteiger partial charge < -0.3 is 16.4 Å². The smallest absolute Gasteiger partial charge is 0.263 e. The van der Waals surface area contributed by atoms with Gasteiger partial charge in [-0.05, 0) is 53.4 Å². The molecule has 1 aliphatic carbocycles. The number of rotatable bonds is 6. The molecule has 1 saturated carbocycles. The molecule has 1 amide bonds. The molecule has 0 aliphatic heterocycles. The molecule has 0 radical (unpaired) electrons. The molecule has 2 aromatic rings. The minimum Gasteiger partial charge on any atom is -0.397 e. The fourth-order valence-corrected chi connectivity index (χ4v) is 4.33. The summed E-state index contributed by atoms with van der Waals surface area (Å²) < 4.78 is 1.15. The maximum absolute atomic E-state index is 12.0. The van der Waals surface area contributed by atoms with Crippen LogP contribution in [0.1, 0.15) is 27.4 Å². The van der Waals surface area contributed by atoms with E-state index in [9.17, 15) is 4.79 Å². The Morgan fingerprint density at radius 2 is 2.19 bits per heavy atom. The topological polar surface area (TPSA) is 67.1 Å². The molecular weight excluding hydrogens is 370 g/mol. The highest BCUT2D eigenvalue weighted by Crippen LogP contribution is 2.30. The monoisotopic (exact) mass is 385 g/mol. The van der Waals surface area contributed by atoms with Crippen molar-refractivity contribution >= 4 is 55.2 Å². The Balaban J connectivity index is 1.54. The van der Waals surface area contributed by atoms with Gasteiger partial charge in [0.2, 0.25) is 0 Å². The predicted octanol–water partition coefficient (Wildman–Crippen LogP) is 3.70. The largest absolute Gasteiger partial charge is 0.397 e. The van der Waals surface area contributed by atoms with Gasteiger partial charge in [-0.15, -0.1) is 22.7 Å². The van der Waals surface area contributed by atoms with Crippen molar-refractivity contribution < 1.29 is 4.79 Å². The molecule has 112 valence electrons. The van der Waals surface area contributed by atoms with Gasteiger partial charge in [-0.25, -0.2) is 0 Å². The number of hydrogen-bond acceptors (Lipinski definition) is 5. The molecule has 0 saturated heterocycles. The summed E-state index contributed by atoms with van der Waals surface area (Å²) in [7, 11) is 0. The highest BCUT2D eigenvalue weighted by Gasteiger charge is 2.25. The van der Waals surface area contributed by atoms with E-state index in [2.05, 4.69) is 38.7 Å². The van der Waals surface area contributed by atoms with Crippen molar-refractivity contribution in [1.82, 2.24) is 5.32 Å². The van der Waals surface area contributed by atoms with Crippen LogP contribution in [-0.2, 0) is 6.42 Å². The van der Waals surface area contributed by atoms with Crippen molar-refractivity contribution in [2.45, 2.75) is 25.3 Å². The molecule has 2 aromatic heterocycles. The van der Waals surface area contributed by atoms with E-state index in [4.69, 9.17) is 5.73 Å². The molecule has 0 atom stereocenters. The van der Waals surface area contributed by atoms with Crippen LogP contribution in [0.2, 0.25) is 0 Å². The molecule has 0 unspecified atom stereocenters. The number of anilines is 2. The van der Waals surface area contributed by atoms with E-state index in [1.165, 1.54) is 16.2 Å². The molecule has 0 bridgehead atoms. The fourth-order valence-electron chi connectivity index (χ4n) is 1.94. The number of halogens is 1. The van der Waals surface area contributed by atoms with Crippen LogP contribution in [-0.4, -0.2) is 18.5 Å². The van der Waals surface area contributed by atoms with Gasteiger partial charge in [-0.3, -0.25) is 4.79 Å². The molecule has 4 N–H and O–H groups in total. The van der Waals surface area contributed by atoms with E-state index < -0.39 is 0 Å². The number of nitrogen functional groups attached to an aromatic ring is 1. The third kappa shape index (κ3) is 3.99. The lowest BCUT2D eigenvalue weighted by Crippen LogP contribution is -2.25. The third-order valence-electron chi connectivity index (χ3n) is 3.18. The number of nitrogens with one attached hydrogen (secondary N) is 2. The van der Waals surface area contributed by atoms with Crippen LogP contribution in [0.25, 0.3) is 0 Å². The predicted molar refractivity (Wildman–Crippen MR) is 93.4 cm³/mol. The summed E-state index contributed by atoms with van der Waals surface area (Å²) in [5, 5.41) is 7.25. The molecule has 0 aromatic carbocycles. The highest BCUT2D eigenvalue weighted by atomic mass is 79.9. The second-order valence-electron chi connectivity index (χ2n) is 5.03. The summed E-state index contributed by atoms with van der Waals surface area (Å²) in [6.45, 7) is 0.830. The quantitative estimate of drug-likeness (QED) is 0.709. The molecule has 0 spiro atoms. The van der Waals surface area contributed by atoms with Crippen molar-refractivity contribution in [2.75, 3.05) is 17.6 Å². The molecule has 3 rings (SSSR count). The van der Waals surface area contributed by atoms with E-state index in [1.807, 2.05) is 6.07 Å². The first-order chi connectivity index (χ1) is 10.1. The van der Waals surface area contributed by atoms with Crippen LogP contribution in [0.4, 0.5) is 10.7 Å². The van der Waals surface area contributed by atoms with Gasteiger partial charge in [-0.2, -0.15) is 0 Å². The van der Waals surface area contributed by atoms with Crippen molar-refractivity contribution in [3.63, 3.8) is 0 Å². The summed E-state index contributed by atoms with van der Waals surface area (Å²) in [4.78, 5) is 14.0. The zero-order chi connectivity index (χ0) is 14.8. The molecule has 21 heavy (non-hydrogen) atoms. The number of amides is 1. The van der Waals surface area contributed by atoms with Crippen LogP contribution >= 0.6 is 38.6 Å². The van der Waals surface area contributed by atoms with Gasteiger partial charge in [0.25, 0.3) is 5.91 Å². The lowest BCUT2D eigenvalue weighted by Gasteiger charge is -2.02. The zero-order valence-corrected chi connectivity index (χ0v) is 14.5. The molecular formula is C14H16BrN3OS2. The first-order valence-corrected chi connectivity index (χ1v) is 9.22. The van der Waals surface area contributed by atoms with E-state index in [0.717, 1.165) is 34.6 Å². The molecule has 4 nitrogen and oxygen atoms in total. The number of nitrogens with two attached hydrogens (primary N) is 1. The minimum absolute atomic E-state index is 0.0461. The van der Waals surface area contributed by atoms with E-state index in [-0.39, 0.29) is 5.91 Å². The summed E-state index contributed by atoms with van der Waals surface area (Å²) in [5.41, 5.74) is 6.49. The maximum Gasteiger partial charge on any atom is 0.263 e. The van der Waals surface area contributed by atoms with Crippen molar-refractivity contribution in [1.29, 1.82) is 0 Å². The van der Waals surface area contributed by atoms with Gasteiger partial charge in [0.1, 0.15) is 4.88 Å².